The maximum absolute atomic E-state index is 13.8. The first-order valence-corrected chi connectivity index (χ1v) is 5.24. The molecule has 0 bridgehead atoms. The van der Waals surface area contributed by atoms with E-state index in [1.165, 1.54) is 36.4 Å². The van der Waals surface area contributed by atoms with Crippen LogP contribution in [0.4, 0.5) is 14.5 Å². The lowest BCUT2D eigenvalue weighted by Crippen LogP contribution is -1.98. The molecule has 2 rings (SSSR count). The van der Waals surface area contributed by atoms with E-state index in [1.54, 1.807) is 0 Å². The molecule has 0 atom stereocenters. The van der Waals surface area contributed by atoms with Crippen LogP contribution in [-0.4, -0.2) is 4.92 Å². The highest BCUT2D eigenvalue weighted by atomic mass is 19.1. The molecule has 0 aliphatic heterocycles. The summed E-state index contributed by atoms with van der Waals surface area (Å²) in [5, 5.41) is 10.6. The molecule has 2 aromatic rings. The first-order chi connectivity index (χ1) is 8.58. The third-order valence-electron chi connectivity index (χ3n) is 2.56. The Morgan fingerprint density at radius 1 is 1.06 bits per heavy atom. The van der Waals surface area contributed by atoms with Gasteiger partial charge in [-0.1, -0.05) is 24.3 Å². The minimum atomic E-state index is -0.841. The Morgan fingerprint density at radius 2 is 1.72 bits per heavy atom. The van der Waals surface area contributed by atoms with Gasteiger partial charge in [-0.05, 0) is 23.3 Å². The van der Waals surface area contributed by atoms with Gasteiger partial charge in [0.2, 0.25) is 5.82 Å². The van der Waals surface area contributed by atoms with Crippen LogP contribution in [0.25, 0.3) is 0 Å². The Hall–Kier alpha value is -2.30. The summed E-state index contributed by atoms with van der Waals surface area (Å²) >= 11 is 0. The highest BCUT2D eigenvalue weighted by Gasteiger charge is 2.17. The number of nitrogens with zero attached hydrogens (tertiary/aromatic N) is 1. The first-order valence-electron chi connectivity index (χ1n) is 5.24. The second-order valence-corrected chi connectivity index (χ2v) is 3.81. The van der Waals surface area contributed by atoms with Gasteiger partial charge in [0.15, 0.2) is 0 Å². The molecule has 0 aliphatic rings. The molecule has 0 aromatic heterocycles. The van der Waals surface area contributed by atoms with Crippen molar-refractivity contribution in [1.82, 2.24) is 0 Å². The van der Waals surface area contributed by atoms with Crippen LogP contribution in [0, 0.1) is 21.7 Å². The number of halogens is 2. The zero-order valence-electron chi connectivity index (χ0n) is 9.27. The molecule has 0 saturated heterocycles. The van der Waals surface area contributed by atoms with E-state index >= 15 is 0 Å². The van der Waals surface area contributed by atoms with Crippen molar-refractivity contribution in [3.8, 4) is 0 Å². The number of nitro benzene ring substituents is 1. The van der Waals surface area contributed by atoms with Crippen molar-refractivity contribution in [1.29, 1.82) is 0 Å². The van der Waals surface area contributed by atoms with Crippen LogP contribution in [0.3, 0.4) is 0 Å². The lowest BCUT2D eigenvalue weighted by atomic mass is 10.0. The van der Waals surface area contributed by atoms with Crippen LogP contribution in [0.1, 0.15) is 11.1 Å². The Balaban J connectivity index is 2.32. The molecule has 0 heterocycles. The molecule has 0 spiro atoms. The topological polar surface area (TPSA) is 43.1 Å². The second kappa shape index (κ2) is 4.91. The van der Waals surface area contributed by atoms with E-state index in [1.807, 2.05) is 0 Å². The van der Waals surface area contributed by atoms with Gasteiger partial charge in [0.1, 0.15) is 5.82 Å². The largest absolute Gasteiger partial charge is 0.305 e. The first kappa shape index (κ1) is 12.2. The molecule has 0 unspecified atom stereocenters. The van der Waals surface area contributed by atoms with E-state index in [-0.39, 0.29) is 17.8 Å². The fraction of sp³-hybridized carbons (Fsp3) is 0.0769. The molecule has 0 saturated carbocycles. The zero-order valence-corrected chi connectivity index (χ0v) is 9.27. The minimum absolute atomic E-state index is 0.188. The molecular formula is C13H9F2NO2. The summed E-state index contributed by atoms with van der Waals surface area (Å²) in [5.74, 6) is -1.22. The number of nitro groups is 1. The summed E-state index contributed by atoms with van der Waals surface area (Å²) in [4.78, 5) is 9.83. The smallest absolute Gasteiger partial charge is 0.258 e. The predicted molar refractivity (Wildman–Crippen MR) is 62.3 cm³/mol. The van der Waals surface area contributed by atoms with E-state index in [0.717, 1.165) is 6.07 Å². The summed E-state index contributed by atoms with van der Waals surface area (Å²) in [6.45, 7) is 0. The van der Waals surface area contributed by atoms with Crippen LogP contribution in [0.2, 0.25) is 0 Å². The average Bonchev–Trinajstić information content (AvgIpc) is 2.34. The molecule has 2 aromatic carbocycles. The summed E-state index contributed by atoms with van der Waals surface area (Å²) in [5.41, 5.74) is 0.362. The fourth-order valence-electron chi connectivity index (χ4n) is 1.67. The van der Waals surface area contributed by atoms with E-state index in [2.05, 4.69) is 0 Å². The van der Waals surface area contributed by atoms with Gasteiger partial charge < -0.3 is 0 Å². The molecule has 0 aliphatic carbocycles. The summed E-state index contributed by atoms with van der Waals surface area (Å²) in [6, 6.07) is 9.60. The maximum Gasteiger partial charge on any atom is 0.305 e. The molecule has 92 valence electrons. The maximum atomic E-state index is 13.8. The third-order valence-corrected chi connectivity index (χ3v) is 2.56. The van der Waals surface area contributed by atoms with Crippen LogP contribution in [0.5, 0.6) is 0 Å². The van der Waals surface area contributed by atoms with Gasteiger partial charge >= 0.3 is 5.69 Å². The van der Waals surface area contributed by atoms with E-state index < -0.39 is 16.4 Å². The fourth-order valence-corrected chi connectivity index (χ4v) is 1.67. The number of hydrogen-bond donors (Lipinski definition) is 0. The van der Waals surface area contributed by atoms with Gasteiger partial charge in [0.25, 0.3) is 0 Å². The predicted octanol–water partition coefficient (Wildman–Crippen LogP) is 3.46. The molecule has 0 fully saturated rings. The summed E-state index contributed by atoms with van der Waals surface area (Å²) in [7, 11) is 0. The Kier molecular flexibility index (Phi) is 3.32. The van der Waals surface area contributed by atoms with Crippen LogP contribution >= 0.6 is 0 Å². The lowest BCUT2D eigenvalue weighted by Gasteiger charge is -2.04. The number of benzene rings is 2. The van der Waals surface area contributed by atoms with Gasteiger partial charge in [-0.2, -0.15) is 4.39 Å². The number of rotatable bonds is 3. The van der Waals surface area contributed by atoms with Crippen molar-refractivity contribution in [3.05, 3.63) is 75.3 Å². The van der Waals surface area contributed by atoms with Crippen LogP contribution in [-0.2, 0) is 6.42 Å². The Morgan fingerprint density at radius 3 is 2.33 bits per heavy atom. The third kappa shape index (κ3) is 2.51. The van der Waals surface area contributed by atoms with Gasteiger partial charge in [-0.3, -0.25) is 10.1 Å². The molecular weight excluding hydrogens is 240 g/mol. The molecule has 5 heteroatoms. The van der Waals surface area contributed by atoms with Crippen LogP contribution < -0.4 is 0 Å². The standard InChI is InChI=1S/C13H9F2NO2/c14-11-6-4-9(5-7-11)8-10-2-1-3-12(13(10)15)16(17)18/h1-7H,8H2. The zero-order chi connectivity index (χ0) is 13.1. The minimum Gasteiger partial charge on any atom is -0.258 e. The molecule has 18 heavy (non-hydrogen) atoms. The molecule has 3 nitrogen and oxygen atoms in total. The van der Waals surface area contributed by atoms with Gasteiger partial charge in [-0.15, -0.1) is 0 Å². The monoisotopic (exact) mass is 249 g/mol. The molecule has 0 N–H and O–H groups in total. The highest BCUT2D eigenvalue weighted by molar-refractivity contribution is 5.39. The SMILES string of the molecule is O=[N+]([O-])c1cccc(Cc2ccc(F)cc2)c1F. The summed E-state index contributed by atoms with van der Waals surface area (Å²) < 4.78 is 26.5. The van der Waals surface area contributed by atoms with Crippen molar-refractivity contribution >= 4 is 5.69 Å². The summed E-state index contributed by atoms with van der Waals surface area (Å²) in [6.07, 6.45) is 0.188. The average molecular weight is 249 g/mol. The van der Waals surface area contributed by atoms with Crippen molar-refractivity contribution in [2.45, 2.75) is 6.42 Å². The highest BCUT2D eigenvalue weighted by Crippen LogP contribution is 2.22. The van der Waals surface area contributed by atoms with Crippen molar-refractivity contribution in [2.75, 3.05) is 0 Å². The molecule has 0 amide bonds. The van der Waals surface area contributed by atoms with Crippen molar-refractivity contribution < 1.29 is 13.7 Å². The van der Waals surface area contributed by atoms with Crippen LogP contribution in [0.15, 0.2) is 42.5 Å². The normalized spacial score (nSPS) is 10.3. The van der Waals surface area contributed by atoms with Gasteiger partial charge in [-0.25, -0.2) is 4.39 Å². The second-order valence-electron chi connectivity index (χ2n) is 3.81. The number of hydrogen-bond acceptors (Lipinski definition) is 2. The van der Waals surface area contributed by atoms with Gasteiger partial charge in [0.05, 0.1) is 4.92 Å². The lowest BCUT2D eigenvalue weighted by molar-refractivity contribution is -0.387. The van der Waals surface area contributed by atoms with Gasteiger partial charge in [0, 0.05) is 12.5 Å². The Bertz CT molecular complexity index is 582. The molecule has 0 radical (unpaired) electrons. The quantitative estimate of drug-likeness (QED) is 0.617. The van der Waals surface area contributed by atoms with E-state index in [4.69, 9.17) is 0 Å². The van der Waals surface area contributed by atoms with E-state index in [9.17, 15) is 18.9 Å². The van der Waals surface area contributed by atoms with Crippen molar-refractivity contribution in [3.63, 3.8) is 0 Å². The Labute approximate surface area is 102 Å². The van der Waals surface area contributed by atoms with E-state index in [0.29, 0.717) is 5.56 Å². The van der Waals surface area contributed by atoms with Crippen molar-refractivity contribution in [2.24, 2.45) is 0 Å².